The van der Waals surface area contributed by atoms with Gasteiger partial charge in [0, 0.05) is 23.7 Å². The molecule has 2 aromatic rings. The monoisotopic (exact) mass is 374 g/mol. The van der Waals surface area contributed by atoms with Crippen LogP contribution in [0.1, 0.15) is 23.6 Å². The number of rotatable bonds is 8. The number of hydrogen-bond donors (Lipinski definition) is 1. The third-order valence-corrected chi connectivity index (χ3v) is 4.52. The van der Waals surface area contributed by atoms with Gasteiger partial charge < -0.3 is 19.5 Å². The molecule has 0 spiro atoms. The van der Waals surface area contributed by atoms with Gasteiger partial charge in [-0.3, -0.25) is 0 Å². The van der Waals surface area contributed by atoms with Crippen LogP contribution in [0.2, 0.25) is 5.02 Å². The first kappa shape index (κ1) is 19.9. The summed E-state index contributed by atoms with van der Waals surface area (Å²) in [6.07, 6.45) is 0.667. The lowest BCUT2D eigenvalue weighted by molar-refractivity contribution is 0.393. The van der Waals surface area contributed by atoms with Gasteiger partial charge >= 0.3 is 0 Å². The molecule has 0 heterocycles. The average molecular weight is 375 g/mol. The van der Waals surface area contributed by atoms with E-state index in [1.165, 1.54) is 7.11 Å². The highest BCUT2D eigenvalue weighted by Crippen LogP contribution is 2.38. The van der Waals surface area contributed by atoms with E-state index in [1.807, 2.05) is 30.3 Å². The van der Waals surface area contributed by atoms with Crippen LogP contribution in [0.3, 0.4) is 0 Å². The Kier molecular flexibility index (Phi) is 7.14. The van der Waals surface area contributed by atoms with Gasteiger partial charge in [0.15, 0.2) is 0 Å². The fourth-order valence-electron chi connectivity index (χ4n) is 2.83. The highest BCUT2D eigenvalue weighted by atomic mass is 35.5. The van der Waals surface area contributed by atoms with Gasteiger partial charge in [0.25, 0.3) is 0 Å². The summed E-state index contributed by atoms with van der Waals surface area (Å²) >= 11 is 6.33. The Bertz CT molecular complexity index is 802. The smallest absolute Gasteiger partial charge is 0.142 e. The van der Waals surface area contributed by atoms with Crippen LogP contribution in [0.15, 0.2) is 30.3 Å². The molecule has 1 N–H and O–H groups in total. The highest BCUT2D eigenvalue weighted by molar-refractivity contribution is 6.33. The molecule has 2 aromatic carbocycles. The molecule has 0 aliphatic heterocycles. The maximum absolute atomic E-state index is 9.29. The predicted octanol–water partition coefficient (Wildman–Crippen LogP) is 3.96. The van der Waals surface area contributed by atoms with Crippen molar-refractivity contribution in [2.75, 3.05) is 21.3 Å². The van der Waals surface area contributed by atoms with Gasteiger partial charge in [-0.1, -0.05) is 29.8 Å². The van der Waals surface area contributed by atoms with Crippen LogP contribution in [0, 0.1) is 11.3 Å². The van der Waals surface area contributed by atoms with Crippen LogP contribution in [-0.2, 0) is 13.0 Å². The maximum atomic E-state index is 9.29. The van der Waals surface area contributed by atoms with Gasteiger partial charge in [-0.15, -0.1) is 0 Å². The van der Waals surface area contributed by atoms with Gasteiger partial charge in [-0.2, -0.15) is 5.26 Å². The number of para-hydroxylation sites is 1. The molecule has 0 aliphatic rings. The Morgan fingerprint density at radius 1 is 1.08 bits per heavy atom. The highest BCUT2D eigenvalue weighted by Gasteiger charge is 2.19. The van der Waals surface area contributed by atoms with E-state index >= 15 is 0 Å². The minimum Gasteiger partial charge on any atom is -0.496 e. The number of nitrogens with one attached hydrogen (secondary N) is 1. The zero-order valence-corrected chi connectivity index (χ0v) is 16.2. The standard InChI is InChI=1S/C20H23ClN2O3/c1-13(23-12-14-7-5-6-8-17(14)24-2)9-15-10-18(25-3)16(11-22)19(21)20(15)26-4/h5-8,10,13,23H,9,12H2,1-4H3. The normalized spacial score (nSPS) is 11.5. The largest absolute Gasteiger partial charge is 0.496 e. The molecule has 1 unspecified atom stereocenters. The first-order chi connectivity index (χ1) is 12.5. The van der Waals surface area contributed by atoms with Crippen molar-refractivity contribution in [2.24, 2.45) is 0 Å². The van der Waals surface area contributed by atoms with Crippen molar-refractivity contribution >= 4 is 11.6 Å². The van der Waals surface area contributed by atoms with Crippen molar-refractivity contribution in [1.29, 1.82) is 5.26 Å². The molecule has 0 amide bonds. The Morgan fingerprint density at radius 3 is 2.38 bits per heavy atom. The molecule has 0 bridgehead atoms. The van der Waals surface area contributed by atoms with Crippen LogP contribution in [0.5, 0.6) is 17.2 Å². The van der Waals surface area contributed by atoms with Crippen molar-refractivity contribution in [3.8, 4) is 23.3 Å². The first-order valence-electron chi connectivity index (χ1n) is 8.24. The zero-order valence-electron chi connectivity index (χ0n) is 15.4. The number of ether oxygens (including phenoxy) is 3. The molecule has 6 heteroatoms. The molecule has 138 valence electrons. The summed E-state index contributed by atoms with van der Waals surface area (Å²) < 4.78 is 16.1. The van der Waals surface area contributed by atoms with Gasteiger partial charge in [0.2, 0.25) is 0 Å². The van der Waals surface area contributed by atoms with E-state index in [-0.39, 0.29) is 16.6 Å². The molecule has 5 nitrogen and oxygen atoms in total. The summed E-state index contributed by atoms with van der Waals surface area (Å²) in [4.78, 5) is 0. The van der Waals surface area contributed by atoms with E-state index in [2.05, 4.69) is 18.3 Å². The fourth-order valence-corrected chi connectivity index (χ4v) is 3.17. The molecule has 0 fully saturated rings. The lowest BCUT2D eigenvalue weighted by Crippen LogP contribution is -2.28. The topological polar surface area (TPSA) is 63.5 Å². The van der Waals surface area contributed by atoms with E-state index in [0.717, 1.165) is 16.9 Å². The minimum atomic E-state index is 0.141. The second kappa shape index (κ2) is 9.33. The third-order valence-electron chi connectivity index (χ3n) is 4.16. The Labute approximate surface area is 159 Å². The van der Waals surface area contributed by atoms with Gasteiger partial charge in [-0.05, 0) is 25.5 Å². The SMILES string of the molecule is COc1ccccc1CNC(C)Cc1cc(OC)c(C#N)c(Cl)c1OC. The van der Waals surface area contributed by atoms with E-state index < -0.39 is 0 Å². The van der Waals surface area contributed by atoms with Crippen LogP contribution in [-0.4, -0.2) is 27.4 Å². The summed E-state index contributed by atoms with van der Waals surface area (Å²) in [5.41, 5.74) is 2.25. The van der Waals surface area contributed by atoms with E-state index in [4.69, 9.17) is 25.8 Å². The summed E-state index contributed by atoms with van der Waals surface area (Å²) in [5.74, 6) is 1.81. The number of hydrogen-bond acceptors (Lipinski definition) is 5. The molecule has 0 radical (unpaired) electrons. The van der Waals surface area contributed by atoms with Crippen molar-refractivity contribution in [2.45, 2.75) is 25.9 Å². The van der Waals surface area contributed by atoms with Crippen molar-refractivity contribution < 1.29 is 14.2 Å². The van der Waals surface area contributed by atoms with Crippen LogP contribution in [0.4, 0.5) is 0 Å². The molecule has 0 saturated heterocycles. The fraction of sp³-hybridized carbons (Fsp3) is 0.350. The van der Waals surface area contributed by atoms with E-state index in [1.54, 1.807) is 14.2 Å². The van der Waals surface area contributed by atoms with Gasteiger partial charge in [0.1, 0.15) is 33.9 Å². The van der Waals surface area contributed by atoms with Crippen LogP contribution < -0.4 is 19.5 Å². The maximum Gasteiger partial charge on any atom is 0.142 e. The molecular weight excluding hydrogens is 352 g/mol. The third kappa shape index (κ3) is 4.40. The molecule has 0 saturated carbocycles. The zero-order chi connectivity index (χ0) is 19.1. The van der Waals surface area contributed by atoms with E-state index in [0.29, 0.717) is 24.5 Å². The second-order valence-electron chi connectivity index (χ2n) is 5.87. The summed E-state index contributed by atoms with van der Waals surface area (Å²) in [7, 11) is 4.73. The Balaban J connectivity index is 2.17. The molecule has 26 heavy (non-hydrogen) atoms. The van der Waals surface area contributed by atoms with Crippen molar-refractivity contribution in [1.82, 2.24) is 5.32 Å². The Morgan fingerprint density at radius 2 is 1.77 bits per heavy atom. The lowest BCUT2D eigenvalue weighted by Gasteiger charge is -2.19. The Hall–Kier alpha value is -2.42. The van der Waals surface area contributed by atoms with E-state index in [9.17, 15) is 5.26 Å². The lowest BCUT2D eigenvalue weighted by atomic mass is 10.0. The molecule has 0 aromatic heterocycles. The van der Waals surface area contributed by atoms with Crippen LogP contribution >= 0.6 is 11.6 Å². The number of nitrogens with zero attached hydrogens (tertiary/aromatic N) is 1. The minimum absolute atomic E-state index is 0.141. The number of halogens is 1. The first-order valence-corrected chi connectivity index (χ1v) is 8.62. The van der Waals surface area contributed by atoms with Crippen molar-refractivity contribution in [3.63, 3.8) is 0 Å². The molecule has 1 atom stereocenters. The molecular formula is C20H23ClN2O3. The quantitative estimate of drug-likeness (QED) is 0.757. The summed E-state index contributed by atoms with van der Waals surface area (Å²) in [5, 5.41) is 13.0. The van der Waals surface area contributed by atoms with Gasteiger partial charge in [0.05, 0.1) is 21.3 Å². The van der Waals surface area contributed by atoms with Crippen LogP contribution in [0.25, 0.3) is 0 Å². The predicted molar refractivity (Wildman–Crippen MR) is 102 cm³/mol. The summed E-state index contributed by atoms with van der Waals surface area (Å²) in [6, 6.07) is 11.9. The number of methoxy groups -OCH3 is 3. The molecule has 0 aliphatic carbocycles. The van der Waals surface area contributed by atoms with Gasteiger partial charge in [-0.25, -0.2) is 0 Å². The molecule has 2 rings (SSSR count). The second-order valence-corrected chi connectivity index (χ2v) is 6.25. The average Bonchev–Trinajstić information content (AvgIpc) is 2.66. The van der Waals surface area contributed by atoms with Crippen molar-refractivity contribution in [3.05, 3.63) is 52.0 Å². The number of benzene rings is 2. The summed E-state index contributed by atoms with van der Waals surface area (Å²) in [6.45, 7) is 2.75. The number of nitriles is 1.